The van der Waals surface area contributed by atoms with Gasteiger partial charge in [-0.05, 0) is 80.1 Å². The number of hydrogen-bond acceptors (Lipinski definition) is 7. The molecule has 5 rings (SSSR count). The molecular formula is C35H33N3O5S2. The summed E-state index contributed by atoms with van der Waals surface area (Å²) in [5, 5.41) is 9.06. The Kier molecular flexibility index (Phi) is 10.5. The summed E-state index contributed by atoms with van der Waals surface area (Å²) >= 11 is 2.75. The Morgan fingerprint density at radius 3 is 2.42 bits per heavy atom. The number of methoxy groups -OCH3 is 1. The molecule has 0 unspecified atom stereocenters. The van der Waals surface area contributed by atoms with E-state index in [-0.39, 0.29) is 17.4 Å². The summed E-state index contributed by atoms with van der Waals surface area (Å²) in [7, 11) is 1.35. The van der Waals surface area contributed by atoms with Crippen molar-refractivity contribution >= 4 is 63.6 Å². The molecule has 8 nitrogen and oxygen atoms in total. The molecule has 0 bridgehead atoms. The molecule has 1 aliphatic carbocycles. The van der Waals surface area contributed by atoms with Crippen LogP contribution in [0.25, 0.3) is 6.08 Å². The normalized spacial score (nSPS) is 12.5. The summed E-state index contributed by atoms with van der Waals surface area (Å²) in [6.45, 7) is 1.97. The molecule has 0 saturated heterocycles. The Hall–Kier alpha value is -4.67. The summed E-state index contributed by atoms with van der Waals surface area (Å²) in [4.78, 5) is 53.7. The second kappa shape index (κ2) is 14.9. The molecule has 230 valence electrons. The predicted molar refractivity (Wildman–Crippen MR) is 180 cm³/mol. The van der Waals surface area contributed by atoms with Crippen LogP contribution in [0.4, 0.5) is 10.7 Å². The number of fused-ring (bicyclic) bond motifs is 1. The van der Waals surface area contributed by atoms with Crippen LogP contribution in [0.3, 0.4) is 0 Å². The number of amides is 3. The third-order valence-corrected chi connectivity index (χ3v) is 9.39. The van der Waals surface area contributed by atoms with Gasteiger partial charge in [-0.1, -0.05) is 54.1 Å². The fourth-order valence-corrected chi connectivity index (χ4v) is 6.97. The molecule has 0 atom stereocenters. The molecule has 1 aliphatic rings. The number of thiophene rings is 1. The lowest BCUT2D eigenvalue weighted by Crippen LogP contribution is -2.30. The van der Waals surface area contributed by atoms with Gasteiger partial charge in [-0.15, -0.1) is 23.1 Å². The Morgan fingerprint density at radius 1 is 0.911 bits per heavy atom. The summed E-state index contributed by atoms with van der Waals surface area (Å²) in [6, 6.07) is 23.4. The van der Waals surface area contributed by atoms with Crippen molar-refractivity contribution in [1.29, 1.82) is 0 Å². The minimum atomic E-state index is -0.489. The van der Waals surface area contributed by atoms with Crippen molar-refractivity contribution in [1.82, 2.24) is 5.32 Å². The molecule has 3 N–H and O–H groups in total. The fraction of sp³-hybridized carbons (Fsp3) is 0.200. The minimum absolute atomic E-state index is 0.0881. The van der Waals surface area contributed by atoms with E-state index in [2.05, 4.69) is 16.0 Å². The lowest BCUT2D eigenvalue weighted by molar-refractivity contribution is -0.114. The van der Waals surface area contributed by atoms with Crippen molar-refractivity contribution in [3.05, 3.63) is 117 Å². The van der Waals surface area contributed by atoms with E-state index in [9.17, 15) is 19.2 Å². The zero-order valence-electron chi connectivity index (χ0n) is 25.0. The Bertz CT molecular complexity index is 1750. The first-order chi connectivity index (χ1) is 21.8. The molecule has 0 aliphatic heterocycles. The van der Waals surface area contributed by atoms with Crippen LogP contribution in [0.2, 0.25) is 0 Å². The minimum Gasteiger partial charge on any atom is -0.465 e. The van der Waals surface area contributed by atoms with Crippen molar-refractivity contribution in [2.45, 2.75) is 37.5 Å². The SMILES string of the molecule is COC(=O)c1c(NC(=O)CSc2cccc(NC(=O)/C(=C/c3ccc(C)cc3)NC(=O)c3ccccc3)c2)sc2c1CCCC2. The fourth-order valence-electron chi connectivity index (χ4n) is 4.92. The molecule has 1 heterocycles. The van der Waals surface area contributed by atoms with Crippen LogP contribution >= 0.6 is 23.1 Å². The van der Waals surface area contributed by atoms with E-state index in [1.165, 1.54) is 30.2 Å². The van der Waals surface area contributed by atoms with Gasteiger partial charge in [0.15, 0.2) is 0 Å². The highest BCUT2D eigenvalue weighted by atomic mass is 32.2. The van der Waals surface area contributed by atoms with Gasteiger partial charge in [0.05, 0.1) is 18.4 Å². The molecule has 4 aromatic rings. The molecular weight excluding hydrogens is 607 g/mol. The van der Waals surface area contributed by atoms with Crippen LogP contribution < -0.4 is 16.0 Å². The van der Waals surface area contributed by atoms with E-state index in [0.717, 1.165) is 52.1 Å². The molecule has 10 heteroatoms. The number of carbonyl (C=O) groups excluding carboxylic acids is 4. The molecule has 3 aromatic carbocycles. The van der Waals surface area contributed by atoms with Gasteiger partial charge in [0.1, 0.15) is 10.7 Å². The number of hydrogen-bond donors (Lipinski definition) is 3. The summed E-state index contributed by atoms with van der Waals surface area (Å²) in [5.41, 5.74) is 4.31. The number of ether oxygens (including phenoxy) is 1. The molecule has 45 heavy (non-hydrogen) atoms. The largest absolute Gasteiger partial charge is 0.465 e. The highest BCUT2D eigenvalue weighted by molar-refractivity contribution is 8.00. The zero-order valence-corrected chi connectivity index (χ0v) is 26.6. The molecule has 0 saturated carbocycles. The molecule has 0 fully saturated rings. The highest BCUT2D eigenvalue weighted by Gasteiger charge is 2.27. The third-order valence-electron chi connectivity index (χ3n) is 7.19. The standard InChI is InChI=1S/C35H33N3O5S2/c1-22-15-17-23(18-16-22)19-28(37-32(40)24-9-4-3-5-10-24)33(41)36-25-11-8-12-26(20-25)44-21-30(39)38-34-31(35(42)43-2)27-13-6-7-14-29(27)45-34/h3-5,8-12,15-20H,6-7,13-14,21H2,1-2H3,(H,36,41)(H,37,40)(H,38,39)/b28-19-. The van der Waals surface area contributed by atoms with Gasteiger partial charge in [-0.3, -0.25) is 14.4 Å². The average Bonchev–Trinajstić information content (AvgIpc) is 3.42. The first kappa shape index (κ1) is 31.7. The number of esters is 1. The van der Waals surface area contributed by atoms with Crippen molar-refractivity contribution in [3.63, 3.8) is 0 Å². The van der Waals surface area contributed by atoms with E-state index < -0.39 is 17.8 Å². The van der Waals surface area contributed by atoms with E-state index in [1.807, 2.05) is 43.3 Å². The van der Waals surface area contributed by atoms with E-state index in [1.54, 1.807) is 48.5 Å². The van der Waals surface area contributed by atoms with Gasteiger partial charge in [0, 0.05) is 21.0 Å². The molecule has 0 spiro atoms. The second-order valence-corrected chi connectivity index (χ2v) is 12.7. The predicted octanol–water partition coefficient (Wildman–Crippen LogP) is 6.86. The number of rotatable bonds is 10. The topological polar surface area (TPSA) is 114 Å². The van der Waals surface area contributed by atoms with Crippen LogP contribution in [0.1, 0.15) is 55.1 Å². The molecule has 0 radical (unpaired) electrons. The first-order valence-corrected chi connectivity index (χ1v) is 16.3. The molecule has 3 amide bonds. The van der Waals surface area contributed by atoms with Gasteiger partial charge < -0.3 is 20.7 Å². The van der Waals surface area contributed by atoms with Crippen LogP contribution in [0, 0.1) is 6.92 Å². The van der Waals surface area contributed by atoms with Crippen molar-refractivity contribution in [2.75, 3.05) is 23.5 Å². The molecule has 1 aromatic heterocycles. The summed E-state index contributed by atoms with van der Waals surface area (Å²) < 4.78 is 5.00. The van der Waals surface area contributed by atoms with Crippen molar-refractivity contribution < 1.29 is 23.9 Å². The van der Waals surface area contributed by atoms with E-state index in [0.29, 0.717) is 21.8 Å². The van der Waals surface area contributed by atoms with E-state index >= 15 is 0 Å². The van der Waals surface area contributed by atoms with Gasteiger partial charge in [0.2, 0.25) is 5.91 Å². The van der Waals surface area contributed by atoms with Crippen LogP contribution in [-0.2, 0) is 27.2 Å². The lowest BCUT2D eigenvalue weighted by Gasteiger charge is -2.12. The lowest BCUT2D eigenvalue weighted by atomic mass is 9.95. The zero-order chi connectivity index (χ0) is 31.8. The second-order valence-electron chi connectivity index (χ2n) is 10.5. The Balaban J connectivity index is 1.26. The Labute approximate surface area is 270 Å². The first-order valence-electron chi connectivity index (χ1n) is 14.5. The van der Waals surface area contributed by atoms with Gasteiger partial charge in [-0.2, -0.15) is 0 Å². The average molecular weight is 640 g/mol. The van der Waals surface area contributed by atoms with Gasteiger partial charge >= 0.3 is 5.97 Å². The van der Waals surface area contributed by atoms with Crippen LogP contribution in [-0.4, -0.2) is 36.6 Å². The summed E-state index contributed by atoms with van der Waals surface area (Å²) in [5.74, 6) is -1.47. The maximum atomic E-state index is 13.4. The van der Waals surface area contributed by atoms with E-state index in [4.69, 9.17) is 4.74 Å². The van der Waals surface area contributed by atoms with Gasteiger partial charge in [0.25, 0.3) is 11.8 Å². The monoisotopic (exact) mass is 639 g/mol. The van der Waals surface area contributed by atoms with Gasteiger partial charge in [-0.25, -0.2) is 4.79 Å². The number of benzene rings is 3. The van der Waals surface area contributed by atoms with Crippen molar-refractivity contribution in [3.8, 4) is 0 Å². The number of anilines is 2. The van der Waals surface area contributed by atoms with Crippen LogP contribution in [0.5, 0.6) is 0 Å². The summed E-state index contributed by atoms with van der Waals surface area (Å²) in [6.07, 6.45) is 5.39. The Morgan fingerprint density at radius 2 is 1.67 bits per heavy atom. The maximum Gasteiger partial charge on any atom is 0.341 e. The number of thioether (sulfide) groups is 1. The maximum absolute atomic E-state index is 13.4. The number of nitrogens with one attached hydrogen (secondary N) is 3. The van der Waals surface area contributed by atoms with Crippen molar-refractivity contribution in [2.24, 2.45) is 0 Å². The highest BCUT2D eigenvalue weighted by Crippen LogP contribution is 2.38. The third kappa shape index (κ3) is 8.29. The van der Waals surface area contributed by atoms with Crippen LogP contribution in [0.15, 0.2) is 89.5 Å². The number of aryl methyl sites for hydroxylation is 2. The smallest absolute Gasteiger partial charge is 0.341 e. The quantitative estimate of drug-likeness (QED) is 0.0993. The number of carbonyl (C=O) groups is 4.